The molecule has 0 aliphatic carbocycles. The zero-order chi connectivity index (χ0) is 13.9. The Morgan fingerprint density at radius 1 is 1.26 bits per heavy atom. The molecule has 0 aliphatic rings. The van der Waals surface area contributed by atoms with E-state index in [9.17, 15) is 0 Å². The number of aromatic nitrogens is 2. The fourth-order valence-electron chi connectivity index (χ4n) is 1.61. The van der Waals surface area contributed by atoms with E-state index in [1.165, 1.54) is 6.33 Å². The monoisotopic (exact) mass is 268 g/mol. The highest BCUT2D eigenvalue weighted by Gasteiger charge is 2.09. The van der Waals surface area contributed by atoms with Gasteiger partial charge in [0.25, 0.3) is 0 Å². The summed E-state index contributed by atoms with van der Waals surface area (Å²) in [6, 6.07) is 1.86. The van der Waals surface area contributed by atoms with Crippen molar-refractivity contribution in [2.45, 2.75) is 19.8 Å². The van der Waals surface area contributed by atoms with E-state index in [4.69, 9.17) is 15.2 Å². The Morgan fingerprint density at radius 3 is 2.79 bits per heavy atom. The van der Waals surface area contributed by atoms with Gasteiger partial charge >= 0.3 is 0 Å². The second kappa shape index (κ2) is 9.52. The van der Waals surface area contributed by atoms with Crippen molar-refractivity contribution in [3.8, 4) is 5.88 Å². The second-order valence-electron chi connectivity index (χ2n) is 4.18. The Bertz CT molecular complexity index is 341. The van der Waals surface area contributed by atoms with Crippen LogP contribution < -0.4 is 15.4 Å². The first-order chi connectivity index (χ1) is 9.31. The molecule has 0 aliphatic heterocycles. The van der Waals surface area contributed by atoms with E-state index in [-0.39, 0.29) is 0 Å². The molecular formula is C13H24N4O2. The molecular weight excluding hydrogens is 244 g/mol. The maximum atomic E-state index is 5.56. The first kappa shape index (κ1) is 15.7. The van der Waals surface area contributed by atoms with Crippen LogP contribution in [0.15, 0.2) is 12.4 Å². The number of rotatable bonds is 10. The highest BCUT2D eigenvalue weighted by atomic mass is 16.5. The van der Waals surface area contributed by atoms with Crippen LogP contribution in [0.25, 0.3) is 0 Å². The number of nitrogens with two attached hydrogens (primary N) is 1. The van der Waals surface area contributed by atoms with E-state index in [1.54, 1.807) is 7.11 Å². The molecule has 0 unspecified atom stereocenters. The van der Waals surface area contributed by atoms with Gasteiger partial charge in [0.15, 0.2) is 0 Å². The third-order valence-corrected chi connectivity index (χ3v) is 2.60. The summed E-state index contributed by atoms with van der Waals surface area (Å²) < 4.78 is 10.6. The van der Waals surface area contributed by atoms with Gasteiger partial charge in [0.2, 0.25) is 5.88 Å². The normalized spacial score (nSPS) is 10.5. The van der Waals surface area contributed by atoms with Gasteiger partial charge in [-0.25, -0.2) is 9.97 Å². The van der Waals surface area contributed by atoms with Crippen LogP contribution in [-0.2, 0) is 4.74 Å². The van der Waals surface area contributed by atoms with Crippen molar-refractivity contribution in [2.75, 3.05) is 44.9 Å². The summed E-state index contributed by atoms with van der Waals surface area (Å²) in [4.78, 5) is 10.5. The third-order valence-electron chi connectivity index (χ3n) is 2.60. The molecule has 19 heavy (non-hydrogen) atoms. The standard InChI is InChI=1S/C13H24N4O2/c1-3-8-19-13-10-12(15-11-16-13)17(6-4-5-14)7-9-18-2/h10-11H,3-9,14H2,1-2H3. The molecule has 6 heteroatoms. The number of ether oxygens (including phenoxy) is 2. The average molecular weight is 268 g/mol. The largest absolute Gasteiger partial charge is 0.478 e. The van der Waals surface area contributed by atoms with Crippen molar-refractivity contribution in [3.05, 3.63) is 12.4 Å². The van der Waals surface area contributed by atoms with Crippen molar-refractivity contribution < 1.29 is 9.47 Å². The minimum atomic E-state index is 0.613. The van der Waals surface area contributed by atoms with E-state index >= 15 is 0 Å². The Morgan fingerprint density at radius 2 is 2.11 bits per heavy atom. The van der Waals surface area contributed by atoms with Crippen LogP contribution in [0.5, 0.6) is 5.88 Å². The highest BCUT2D eigenvalue weighted by molar-refractivity contribution is 5.40. The topological polar surface area (TPSA) is 73.5 Å². The summed E-state index contributed by atoms with van der Waals surface area (Å²) >= 11 is 0. The molecule has 1 aromatic rings. The molecule has 1 aromatic heterocycles. The van der Waals surface area contributed by atoms with Gasteiger partial charge in [0.1, 0.15) is 12.1 Å². The molecule has 0 atom stereocenters. The number of methoxy groups -OCH3 is 1. The van der Waals surface area contributed by atoms with Gasteiger partial charge in [-0.3, -0.25) is 0 Å². The number of hydrogen-bond donors (Lipinski definition) is 1. The molecule has 0 fully saturated rings. The van der Waals surface area contributed by atoms with Crippen LogP contribution in [-0.4, -0.2) is 49.9 Å². The number of hydrogen-bond acceptors (Lipinski definition) is 6. The summed E-state index contributed by atoms with van der Waals surface area (Å²) in [5.41, 5.74) is 5.56. The molecule has 0 saturated heterocycles. The molecule has 1 heterocycles. The number of nitrogens with zero attached hydrogens (tertiary/aromatic N) is 3. The summed E-state index contributed by atoms with van der Waals surface area (Å²) in [6.07, 6.45) is 3.40. The Labute approximate surface area is 114 Å². The van der Waals surface area contributed by atoms with Gasteiger partial charge in [0.05, 0.1) is 13.2 Å². The third kappa shape index (κ3) is 5.85. The zero-order valence-electron chi connectivity index (χ0n) is 11.8. The molecule has 108 valence electrons. The Hall–Kier alpha value is -1.40. The predicted octanol–water partition coefficient (Wildman–Crippen LogP) is 1.07. The van der Waals surface area contributed by atoms with E-state index in [1.807, 2.05) is 6.07 Å². The Balaban J connectivity index is 2.69. The van der Waals surface area contributed by atoms with E-state index in [2.05, 4.69) is 21.8 Å². The van der Waals surface area contributed by atoms with Gasteiger partial charge in [-0.05, 0) is 19.4 Å². The smallest absolute Gasteiger partial charge is 0.218 e. The van der Waals surface area contributed by atoms with E-state index in [0.29, 0.717) is 25.6 Å². The zero-order valence-corrected chi connectivity index (χ0v) is 11.8. The van der Waals surface area contributed by atoms with E-state index < -0.39 is 0 Å². The summed E-state index contributed by atoms with van der Waals surface area (Å²) in [6.45, 7) is 5.67. The van der Waals surface area contributed by atoms with Gasteiger partial charge in [-0.1, -0.05) is 6.92 Å². The average Bonchev–Trinajstić information content (AvgIpc) is 2.45. The van der Waals surface area contributed by atoms with Gasteiger partial charge < -0.3 is 20.1 Å². The number of anilines is 1. The van der Waals surface area contributed by atoms with Crippen molar-refractivity contribution in [1.82, 2.24) is 9.97 Å². The van der Waals surface area contributed by atoms with Crippen molar-refractivity contribution >= 4 is 5.82 Å². The lowest BCUT2D eigenvalue weighted by Gasteiger charge is -2.23. The fraction of sp³-hybridized carbons (Fsp3) is 0.692. The maximum Gasteiger partial charge on any atom is 0.218 e. The van der Waals surface area contributed by atoms with Crippen LogP contribution in [0, 0.1) is 0 Å². The van der Waals surface area contributed by atoms with Gasteiger partial charge in [-0.15, -0.1) is 0 Å². The van der Waals surface area contributed by atoms with Crippen molar-refractivity contribution in [1.29, 1.82) is 0 Å². The highest BCUT2D eigenvalue weighted by Crippen LogP contribution is 2.16. The summed E-state index contributed by atoms with van der Waals surface area (Å²) in [7, 11) is 1.69. The molecule has 0 amide bonds. The molecule has 1 rings (SSSR count). The second-order valence-corrected chi connectivity index (χ2v) is 4.18. The molecule has 0 radical (unpaired) electrons. The van der Waals surface area contributed by atoms with Crippen LogP contribution in [0.2, 0.25) is 0 Å². The molecule has 6 nitrogen and oxygen atoms in total. The van der Waals surface area contributed by atoms with Crippen molar-refractivity contribution in [2.24, 2.45) is 5.73 Å². The first-order valence-corrected chi connectivity index (χ1v) is 6.70. The maximum absolute atomic E-state index is 5.56. The molecule has 0 spiro atoms. The van der Waals surface area contributed by atoms with E-state index in [0.717, 1.165) is 31.7 Å². The predicted molar refractivity (Wildman–Crippen MR) is 75.6 cm³/mol. The minimum absolute atomic E-state index is 0.613. The van der Waals surface area contributed by atoms with Crippen LogP contribution in [0.3, 0.4) is 0 Å². The van der Waals surface area contributed by atoms with Gasteiger partial charge in [-0.2, -0.15) is 0 Å². The summed E-state index contributed by atoms with van der Waals surface area (Å²) in [5.74, 6) is 1.47. The first-order valence-electron chi connectivity index (χ1n) is 6.70. The molecule has 0 saturated carbocycles. The van der Waals surface area contributed by atoms with Crippen LogP contribution in [0.4, 0.5) is 5.82 Å². The molecule has 0 bridgehead atoms. The molecule has 0 aromatic carbocycles. The lowest BCUT2D eigenvalue weighted by molar-refractivity contribution is 0.205. The lowest BCUT2D eigenvalue weighted by atomic mass is 10.3. The quantitative estimate of drug-likeness (QED) is 0.684. The van der Waals surface area contributed by atoms with Crippen LogP contribution in [0.1, 0.15) is 19.8 Å². The minimum Gasteiger partial charge on any atom is -0.478 e. The fourth-order valence-corrected chi connectivity index (χ4v) is 1.61. The van der Waals surface area contributed by atoms with Gasteiger partial charge in [0, 0.05) is 26.3 Å². The van der Waals surface area contributed by atoms with Crippen molar-refractivity contribution in [3.63, 3.8) is 0 Å². The SMILES string of the molecule is CCCOc1cc(N(CCCN)CCOC)ncn1. The lowest BCUT2D eigenvalue weighted by Crippen LogP contribution is -2.30. The summed E-state index contributed by atoms with van der Waals surface area (Å²) in [5, 5.41) is 0. The van der Waals surface area contributed by atoms with Crippen LogP contribution >= 0.6 is 0 Å². The Kier molecular flexibility index (Phi) is 7.84. The molecule has 2 N–H and O–H groups in total.